The van der Waals surface area contributed by atoms with Gasteiger partial charge in [-0.1, -0.05) is 12.1 Å². The minimum atomic E-state index is -0.363. The van der Waals surface area contributed by atoms with Crippen LogP contribution >= 0.6 is 0 Å². The number of hydrogen-bond donors (Lipinski definition) is 1. The van der Waals surface area contributed by atoms with Gasteiger partial charge in [-0.2, -0.15) is 5.26 Å². The van der Waals surface area contributed by atoms with Crippen molar-refractivity contribution in [2.75, 3.05) is 7.11 Å². The third kappa shape index (κ3) is 1.72. The molecular weight excluding hydrogens is 240 g/mol. The summed E-state index contributed by atoms with van der Waals surface area (Å²) >= 11 is 0. The first-order valence-electron chi connectivity index (χ1n) is 5.77. The first kappa shape index (κ1) is 11.3. The summed E-state index contributed by atoms with van der Waals surface area (Å²) in [4.78, 5) is 14.7. The van der Waals surface area contributed by atoms with Crippen molar-refractivity contribution in [1.29, 1.82) is 5.26 Å². The van der Waals surface area contributed by atoms with Crippen molar-refractivity contribution in [3.63, 3.8) is 0 Å². The summed E-state index contributed by atoms with van der Waals surface area (Å²) in [6.45, 7) is 0. The van der Waals surface area contributed by atoms with Gasteiger partial charge in [-0.15, -0.1) is 0 Å². The molecule has 3 aromatic rings. The summed E-state index contributed by atoms with van der Waals surface area (Å²) < 4.78 is 4.70. The lowest BCUT2D eigenvalue weighted by molar-refractivity contribution is 0.0601. The van der Waals surface area contributed by atoms with Crippen molar-refractivity contribution in [3.05, 3.63) is 47.5 Å². The monoisotopic (exact) mass is 250 g/mol. The number of nitrogens with one attached hydrogen (secondary N) is 1. The number of hydrogen-bond acceptors (Lipinski definition) is 3. The van der Waals surface area contributed by atoms with Crippen LogP contribution in [0.3, 0.4) is 0 Å². The molecule has 1 heterocycles. The van der Waals surface area contributed by atoms with Crippen molar-refractivity contribution in [1.82, 2.24) is 4.98 Å². The number of rotatable bonds is 1. The fourth-order valence-corrected chi connectivity index (χ4v) is 2.22. The van der Waals surface area contributed by atoms with Crippen LogP contribution in [0.4, 0.5) is 0 Å². The van der Waals surface area contributed by atoms with Crippen molar-refractivity contribution in [2.45, 2.75) is 0 Å². The molecule has 0 fully saturated rings. The molecule has 0 aliphatic heterocycles. The summed E-state index contributed by atoms with van der Waals surface area (Å²) in [5.41, 5.74) is 2.85. The first-order valence-corrected chi connectivity index (χ1v) is 5.77. The number of esters is 1. The van der Waals surface area contributed by atoms with E-state index in [-0.39, 0.29) is 5.97 Å². The highest BCUT2D eigenvalue weighted by Gasteiger charge is 2.09. The summed E-state index contributed by atoms with van der Waals surface area (Å²) in [5.74, 6) is -0.363. The van der Waals surface area contributed by atoms with Gasteiger partial charge in [0.05, 0.1) is 24.3 Å². The molecule has 1 aromatic heterocycles. The summed E-state index contributed by atoms with van der Waals surface area (Å²) in [6, 6.07) is 13.0. The van der Waals surface area contributed by atoms with Gasteiger partial charge in [0.2, 0.25) is 0 Å². The second-order valence-corrected chi connectivity index (χ2v) is 4.25. The number of methoxy groups -OCH3 is 1. The van der Waals surface area contributed by atoms with E-state index >= 15 is 0 Å². The Morgan fingerprint density at radius 2 is 1.84 bits per heavy atom. The van der Waals surface area contributed by atoms with Crippen LogP contribution in [-0.4, -0.2) is 18.1 Å². The topological polar surface area (TPSA) is 65.9 Å². The predicted molar refractivity (Wildman–Crippen MR) is 71.9 cm³/mol. The van der Waals surface area contributed by atoms with Crippen LogP contribution in [0.5, 0.6) is 0 Å². The van der Waals surface area contributed by atoms with Crippen LogP contribution in [-0.2, 0) is 4.74 Å². The van der Waals surface area contributed by atoms with Crippen LogP contribution in [0.1, 0.15) is 15.9 Å². The fourth-order valence-electron chi connectivity index (χ4n) is 2.22. The van der Waals surface area contributed by atoms with E-state index in [1.165, 1.54) is 7.11 Å². The number of aromatic nitrogens is 1. The number of ether oxygens (including phenoxy) is 1. The number of nitriles is 1. The Labute approximate surface area is 109 Å². The van der Waals surface area contributed by atoms with E-state index in [0.717, 1.165) is 21.8 Å². The average molecular weight is 250 g/mol. The fraction of sp³-hybridized carbons (Fsp3) is 0.0667. The Balaban J connectivity index is 2.28. The normalized spacial score (nSPS) is 10.5. The largest absolute Gasteiger partial charge is 0.465 e. The average Bonchev–Trinajstić information content (AvgIpc) is 2.82. The molecule has 0 saturated heterocycles. The molecule has 2 aromatic carbocycles. The van der Waals surface area contributed by atoms with E-state index in [9.17, 15) is 4.79 Å². The minimum Gasteiger partial charge on any atom is -0.465 e. The SMILES string of the molecule is COC(=O)c1ccc2c(c1)[nH]c1cc(C#N)ccc12. The zero-order valence-electron chi connectivity index (χ0n) is 10.2. The van der Waals surface area contributed by atoms with Crippen LogP contribution in [0.2, 0.25) is 0 Å². The molecule has 4 heteroatoms. The lowest BCUT2D eigenvalue weighted by atomic mass is 10.1. The Morgan fingerprint density at radius 3 is 2.53 bits per heavy atom. The number of carbonyl (C=O) groups is 1. The van der Waals surface area contributed by atoms with Crippen molar-refractivity contribution in [3.8, 4) is 6.07 Å². The molecule has 4 nitrogen and oxygen atoms in total. The van der Waals surface area contributed by atoms with Gasteiger partial charge < -0.3 is 9.72 Å². The molecule has 0 atom stereocenters. The van der Waals surface area contributed by atoms with Gasteiger partial charge in [0.15, 0.2) is 0 Å². The molecule has 0 amide bonds. The Morgan fingerprint density at radius 1 is 1.16 bits per heavy atom. The molecule has 19 heavy (non-hydrogen) atoms. The van der Waals surface area contributed by atoms with E-state index in [4.69, 9.17) is 10.00 Å². The number of carbonyl (C=O) groups excluding carboxylic acids is 1. The lowest BCUT2D eigenvalue weighted by Gasteiger charge is -1.98. The van der Waals surface area contributed by atoms with Crippen molar-refractivity contribution in [2.24, 2.45) is 0 Å². The van der Waals surface area contributed by atoms with Gasteiger partial charge in [0.25, 0.3) is 0 Å². The maximum atomic E-state index is 11.5. The Bertz CT molecular complexity index is 840. The smallest absolute Gasteiger partial charge is 0.337 e. The number of aromatic amines is 1. The molecule has 0 spiro atoms. The highest BCUT2D eigenvalue weighted by atomic mass is 16.5. The molecule has 92 valence electrons. The lowest BCUT2D eigenvalue weighted by Crippen LogP contribution is -2.00. The zero-order valence-corrected chi connectivity index (χ0v) is 10.2. The van der Waals surface area contributed by atoms with E-state index in [2.05, 4.69) is 11.1 Å². The Kier molecular flexibility index (Phi) is 2.46. The molecule has 0 saturated carbocycles. The predicted octanol–water partition coefficient (Wildman–Crippen LogP) is 2.98. The van der Waals surface area contributed by atoms with Gasteiger partial charge in [-0.25, -0.2) is 4.79 Å². The minimum absolute atomic E-state index is 0.363. The van der Waals surface area contributed by atoms with Gasteiger partial charge in [-0.05, 0) is 24.3 Å². The standard InChI is InChI=1S/C15H10N2O2/c1-19-15(18)10-3-5-12-11-4-2-9(8-16)6-13(11)17-14(12)7-10/h2-7,17H,1H3. The zero-order chi connectivity index (χ0) is 13.4. The maximum Gasteiger partial charge on any atom is 0.337 e. The Hall–Kier alpha value is -2.80. The van der Waals surface area contributed by atoms with Crippen LogP contribution in [0, 0.1) is 11.3 Å². The van der Waals surface area contributed by atoms with Crippen LogP contribution < -0.4 is 0 Å². The summed E-state index contributed by atoms with van der Waals surface area (Å²) in [7, 11) is 1.36. The van der Waals surface area contributed by atoms with Crippen LogP contribution in [0.15, 0.2) is 36.4 Å². The number of fused-ring (bicyclic) bond motifs is 3. The van der Waals surface area contributed by atoms with E-state index < -0.39 is 0 Å². The molecule has 0 unspecified atom stereocenters. The molecule has 0 aliphatic rings. The first-order chi connectivity index (χ1) is 9.22. The maximum absolute atomic E-state index is 11.5. The van der Waals surface area contributed by atoms with Gasteiger partial charge in [-0.3, -0.25) is 0 Å². The molecule has 0 bridgehead atoms. The number of H-pyrrole nitrogens is 1. The molecule has 0 radical (unpaired) electrons. The van der Waals surface area contributed by atoms with Crippen molar-refractivity contribution >= 4 is 27.8 Å². The highest BCUT2D eigenvalue weighted by Crippen LogP contribution is 2.26. The van der Waals surface area contributed by atoms with Crippen molar-refractivity contribution < 1.29 is 9.53 Å². The van der Waals surface area contributed by atoms with E-state index in [1.54, 1.807) is 24.3 Å². The number of nitrogens with zero attached hydrogens (tertiary/aromatic N) is 1. The molecule has 1 N–H and O–H groups in total. The molecule has 0 aliphatic carbocycles. The quantitative estimate of drug-likeness (QED) is 0.675. The van der Waals surface area contributed by atoms with Gasteiger partial charge >= 0.3 is 5.97 Å². The van der Waals surface area contributed by atoms with Gasteiger partial charge in [0.1, 0.15) is 0 Å². The van der Waals surface area contributed by atoms with Crippen LogP contribution in [0.25, 0.3) is 21.8 Å². The summed E-state index contributed by atoms with van der Waals surface area (Å²) in [5, 5.41) is 10.9. The second-order valence-electron chi connectivity index (χ2n) is 4.25. The molecule has 3 rings (SSSR count). The van der Waals surface area contributed by atoms with Gasteiger partial charge in [0, 0.05) is 21.8 Å². The highest BCUT2D eigenvalue weighted by molar-refractivity contribution is 6.09. The van der Waals surface area contributed by atoms with E-state index in [0.29, 0.717) is 11.1 Å². The second kappa shape index (κ2) is 4.14. The van der Waals surface area contributed by atoms with E-state index in [1.807, 2.05) is 12.1 Å². The summed E-state index contributed by atoms with van der Waals surface area (Å²) in [6.07, 6.45) is 0. The third-order valence-corrected chi connectivity index (χ3v) is 3.15. The third-order valence-electron chi connectivity index (χ3n) is 3.15. The number of benzene rings is 2. The molecular formula is C15H10N2O2.